The van der Waals surface area contributed by atoms with Crippen LogP contribution in [0.5, 0.6) is 0 Å². The number of carbonyl (C=O) groups excluding carboxylic acids is 1. The second-order valence-corrected chi connectivity index (χ2v) is 4.89. The van der Waals surface area contributed by atoms with Gasteiger partial charge in [-0.15, -0.1) is 0 Å². The maximum Gasteiger partial charge on any atom is 0.248 e. The number of benzene rings is 1. The third-order valence-electron chi connectivity index (χ3n) is 3.25. The standard InChI is InChI=1S/C13H17FN2O2/c1-13(4-5-18-8-13)16-7-10-6-9(12(15)17)2-3-11(10)14/h2-3,6,16H,4-5,7-8H2,1H3,(H2,15,17). The van der Waals surface area contributed by atoms with Gasteiger partial charge in [0, 0.05) is 29.8 Å². The van der Waals surface area contributed by atoms with E-state index in [1.807, 2.05) is 6.92 Å². The highest BCUT2D eigenvalue weighted by atomic mass is 19.1. The monoisotopic (exact) mass is 252 g/mol. The summed E-state index contributed by atoms with van der Waals surface area (Å²) in [5.41, 5.74) is 5.81. The highest BCUT2D eigenvalue weighted by Crippen LogP contribution is 2.19. The van der Waals surface area contributed by atoms with Gasteiger partial charge in [-0.25, -0.2) is 4.39 Å². The molecule has 0 bridgehead atoms. The molecular weight excluding hydrogens is 235 g/mol. The lowest BCUT2D eigenvalue weighted by atomic mass is 10.0. The molecule has 5 heteroatoms. The van der Waals surface area contributed by atoms with Crippen LogP contribution in [0.3, 0.4) is 0 Å². The molecule has 18 heavy (non-hydrogen) atoms. The number of halogens is 1. The fourth-order valence-electron chi connectivity index (χ4n) is 1.98. The number of nitrogens with two attached hydrogens (primary N) is 1. The molecule has 1 aromatic carbocycles. The van der Waals surface area contributed by atoms with E-state index in [9.17, 15) is 9.18 Å². The molecule has 1 unspecified atom stereocenters. The summed E-state index contributed by atoms with van der Waals surface area (Å²) in [4.78, 5) is 11.0. The Kier molecular flexibility index (Phi) is 3.63. The Morgan fingerprint density at radius 1 is 1.61 bits per heavy atom. The summed E-state index contributed by atoms with van der Waals surface area (Å²) >= 11 is 0. The van der Waals surface area contributed by atoms with Crippen LogP contribution < -0.4 is 11.1 Å². The van der Waals surface area contributed by atoms with Crippen molar-refractivity contribution in [3.8, 4) is 0 Å². The highest BCUT2D eigenvalue weighted by Gasteiger charge is 2.29. The predicted molar refractivity (Wildman–Crippen MR) is 65.6 cm³/mol. The molecule has 0 aromatic heterocycles. The van der Waals surface area contributed by atoms with Crippen molar-refractivity contribution in [3.05, 3.63) is 35.1 Å². The molecule has 1 fully saturated rings. The molecule has 0 radical (unpaired) electrons. The van der Waals surface area contributed by atoms with Gasteiger partial charge in [-0.1, -0.05) is 0 Å². The average molecular weight is 252 g/mol. The SMILES string of the molecule is CC1(NCc2cc(C(N)=O)ccc2F)CCOC1. The summed E-state index contributed by atoms with van der Waals surface area (Å²) in [5.74, 6) is -0.887. The number of nitrogens with one attached hydrogen (secondary N) is 1. The average Bonchev–Trinajstić information content (AvgIpc) is 2.75. The lowest BCUT2D eigenvalue weighted by molar-refractivity contribution is 0.1000. The summed E-state index contributed by atoms with van der Waals surface area (Å²) in [6.07, 6.45) is 0.893. The first-order chi connectivity index (χ1) is 8.50. The van der Waals surface area contributed by atoms with E-state index >= 15 is 0 Å². The molecule has 1 heterocycles. The first-order valence-electron chi connectivity index (χ1n) is 5.91. The van der Waals surface area contributed by atoms with E-state index in [-0.39, 0.29) is 11.4 Å². The molecule has 1 aliphatic heterocycles. The minimum absolute atomic E-state index is 0.130. The van der Waals surface area contributed by atoms with Gasteiger partial charge in [-0.05, 0) is 31.5 Å². The number of ether oxygens (including phenoxy) is 1. The maximum atomic E-state index is 13.6. The molecule has 1 saturated heterocycles. The van der Waals surface area contributed by atoms with Crippen LogP contribution in [0.15, 0.2) is 18.2 Å². The Labute approximate surface area is 105 Å². The van der Waals surface area contributed by atoms with Crippen molar-refractivity contribution in [2.75, 3.05) is 13.2 Å². The van der Waals surface area contributed by atoms with Gasteiger partial charge < -0.3 is 15.8 Å². The van der Waals surface area contributed by atoms with Gasteiger partial charge in [0.2, 0.25) is 5.91 Å². The van der Waals surface area contributed by atoms with Crippen molar-refractivity contribution in [1.29, 1.82) is 0 Å². The second-order valence-electron chi connectivity index (χ2n) is 4.89. The van der Waals surface area contributed by atoms with Crippen LogP contribution >= 0.6 is 0 Å². The Morgan fingerprint density at radius 2 is 2.39 bits per heavy atom. The minimum atomic E-state index is -0.549. The van der Waals surface area contributed by atoms with Crippen molar-refractivity contribution in [1.82, 2.24) is 5.32 Å². The highest BCUT2D eigenvalue weighted by molar-refractivity contribution is 5.92. The van der Waals surface area contributed by atoms with Crippen LogP contribution in [-0.4, -0.2) is 24.7 Å². The number of amides is 1. The van der Waals surface area contributed by atoms with Gasteiger partial charge in [0.05, 0.1) is 6.61 Å². The third kappa shape index (κ3) is 2.86. The summed E-state index contributed by atoms with van der Waals surface area (Å²) < 4.78 is 18.9. The molecule has 0 saturated carbocycles. The van der Waals surface area contributed by atoms with Crippen LogP contribution in [0, 0.1) is 5.82 Å². The minimum Gasteiger partial charge on any atom is -0.379 e. The van der Waals surface area contributed by atoms with Crippen molar-refractivity contribution in [3.63, 3.8) is 0 Å². The summed E-state index contributed by atoms with van der Waals surface area (Å²) in [6.45, 7) is 3.72. The van der Waals surface area contributed by atoms with Crippen LogP contribution in [0.2, 0.25) is 0 Å². The van der Waals surface area contributed by atoms with Gasteiger partial charge in [-0.3, -0.25) is 4.79 Å². The van der Waals surface area contributed by atoms with E-state index in [1.54, 1.807) is 0 Å². The summed E-state index contributed by atoms with van der Waals surface area (Å²) in [7, 11) is 0. The maximum absolute atomic E-state index is 13.6. The summed E-state index contributed by atoms with van der Waals surface area (Å²) in [6, 6.07) is 4.15. The number of rotatable bonds is 4. The third-order valence-corrected chi connectivity index (χ3v) is 3.25. The Balaban J connectivity index is 2.08. The van der Waals surface area contributed by atoms with Gasteiger partial charge in [0.25, 0.3) is 0 Å². The Morgan fingerprint density at radius 3 is 3.00 bits per heavy atom. The Hall–Kier alpha value is -1.46. The van der Waals surface area contributed by atoms with Crippen LogP contribution in [0.25, 0.3) is 0 Å². The number of carbonyl (C=O) groups is 1. The quantitative estimate of drug-likeness (QED) is 0.846. The van der Waals surface area contributed by atoms with Crippen LogP contribution in [0.1, 0.15) is 29.3 Å². The van der Waals surface area contributed by atoms with E-state index < -0.39 is 5.91 Å². The van der Waals surface area contributed by atoms with Gasteiger partial charge in [0.1, 0.15) is 5.82 Å². The molecule has 1 atom stereocenters. The number of hydrogen-bond donors (Lipinski definition) is 2. The van der Waals surface area contributed by atoms with Crippen molar-refractivity contribution < 1.29 is 13.9 Å². The van der Waals surface area contributed by atoms with Crippen LogP contribution in [-0.2, 0) is 11.3 Å². The smallest absolute Gasteiger partial charge is 0.248 e. The molecule has 0 spiro atoms. The van der Waals surface area contributed by atoms with Gasteiger partial charge in [-0.2, -0.15) is 0 Å². The van der Waals surface area contributed by atoms with Crippen molar-refractivity contribution in [2.45, 2.75) is 25.4 Å². The zero-order chi connectivity index (χ0) is 13.2. The second kappa shape index (κ2) is 5.04. The molecule has 4 nitrogen and oxygen atoms in total. The van der Waals surface area contributed by atoms with Crippen molar-refractivity contribution >= 4 is 5.91 Å². The van der Waals surface area contributed by atoms with E-state index in [4.69, 9.17) is 10.5 Å². The lowest BCUT2D eigenvalue weighted by Crippen LogP contribution is -2.42. The van der Waals surface area contributed by atoms with Gasteiger partial charge >= 0.3 is 0 Å². The van der Waals surface area contributed by atoms with E-state index in [0.717, 1.165) is 6.42 Å². The summed E-state index contributed by atoms with van der Waals surface area (Å²) in [5, 5.41) is 3.26. The molecule has 1 aromatic rings. The zero-order valence-corrected chi connectivity index (χ0v) is 10.3. The van der Waals surface area contributed by atoms with Crippen LogP contribution in [0.4, 0.5) is 4.39 Å². The van der Waals surface area contributed by atoms with Crippen molar-refractivity contribution in [2.24, 2.45) is 5.73 Å². The largest absolute Gasteiger partial charge is 0.379 e. The molecule has 1 amide bonds. The molecule has 0 aliphatic carbocycles. The first-order valence-corrected chi connectivity index (χ1v) is 5.91. The first kappa shape index (κ1) is 13.0. The molecule has 98 valence electrons. The van der Waals surface area contributed by atoms with Gasteiger partial charge in [0.15, 0.2) is 0 Å². The van der Waals surface area contributed by atoms with E-state index in [0.29, 0.717) is 30.9 Å². The normalized spacial score (nSPS) is 23.2. The molecule has 2 rings (SSSR count). The topological polar surface area (TPSA) is 64.3 Å². The molecule has 3 N–H and O–H groups in total. The fraction of sp³-hybridized carbons (Fsp3) is 0.462. The van der Waals surface area contributed by atoms with E-state index in [1.165, 1.54) is 18.2 Å². The molecule has 1 aliphatic rings. The number of hydrogen-bond acceptors (Lipinski definition) is 3. The Bertz CT molecular complexity index is 456. The number of primary amides is 1. The zero-order valence-electron chi connectivity index (χ0n) is 10.3. The predicted octanol–water partition coefficient (Wildman–Crippen LogP) is 1.19. The lowest BCUT2D eigenvalue weighted by Gasteiger charge is -2.23. The fourth-order valence-corrected chi connectivity index (χ4v) is 1.98. The van der Waals surface area contributed by atoms with E-state index in [2.05, 4.69) is 5.32 Å². The molecular formula is C13H17FN2O2.